The molecule has 2 rings (SSSR count). The first-order valence-corrected chi connectivity index (χ1v) is 6.71. The number of rotatable bonds is 5. The van der Waals surface area contributed by atoms with Gasteiger partial charge in [-0.1, -0.05) is 18.2 Å². The minimum atomic E-state index is -0.822. The van der Waals surface area contributed by atoms with E-state index in [0.29, 0.717) is 12.3 Å². The molecule has 2 amide bonds. The highest BCUT2D eigenvalue weighted by Gasteiger charge is 2.47. The average Bonchev–Trinajstić information content (AvgIpc) is 2.42. The predicted molar refractivity (Wildman–Crippen MR) is 69.3 cm³/mol. The Kier molecular flexibility index (Phi) is 3.76. The molecule has 6 heteroatoms. The van der Waals surface area contributed by atoms with E-state index in [4.69, 9.17) is 4.74 Å². The number of hydrogen-bond acceptors (Lipinski definition) is 4. The van der Waals surface area contributed by atoms with Crippen molar-refractivity contribution in [3.05, 3.63) is 30.3 Å². The van der Waals surface area contributed by atoms with E-state index in [1.807, 2.05) is 18.2 Å². The van der Waals surface area contributed by atoms with Crippen LogP contribution in [0, 0.1) is 0 Å². The van der Waals surface area contributed by atoms with Gasteiger partial charge in [0, 0.05) is 0 Å². The van der Waals surface area contributed by atoms with E-state index in [2.05, 4.69) is 10.6 Å². The van der Waals surface area contributed by atoms with Crippen molar-refractivity contribution in [2.75, 3.05) is 19.4 Å². The number of para-hydroxylation sites is 1. The summed E-state index contributed by atoms with van der Waals surface area (Å²) in [5.74, 6) is 0.162. The minimum absolute atomic E-state index is 0.0976. The number of amides is 2. The number of benzene rings is 1. The van der Waals surface area contributed by atoms with Crippen molar-refractivity contribution in [2.24, 2.45) is 0 Å². The summed E-state index contributed by atoms with van der Waals surface area (Å²) in [7, 11) is 0. The Morgan fingerprint density at radius 3 is 2.72 bits per heavy atom. The van der Waals surface area contributed by atoms with Crippen LogP contribution in [0.25, 0.3) is 0 Å². The second-order valence-electron chi connectivity index (χ2n) is 3.86. The Balaban J connectivity index is 1.84. The number of β-lactam (4-membered cyclic amide) rings is 1. The molecule has 18 heavy (non-hydrogen) atoms. The molecule has 1 aliphatic rings. The van der Waals surface area contributed by atoms with E-state index < -0.39 is 4.87 Å². The fraction of sp³-hybridized carbons (Fsp3) is 0.333. The molecule has 1 heterocycles. The molecule has 0 aliphatic carbocycles. The zero-order valence-corrected chi connectivity index (χ0v) is 10.8. The highest BCUT2D eigenvalue weighted by atomic mass is 32.2. The van der Waals surface area contributed by atoms with Gasteiger partial charge in [0.1, 0.15) is 5.75 Å². The summed E-state index contributed by atoms with van der Waals surface area (Å²) in [6, 6.07) is 9.07. The van der Waals surface area contributed by atoms with Crippen LogP contribution in [0.3, 0.4) is 0 Å². The summed E-state index contributed by atoms with van der Waals surface area (Å²) >= 11 is 1.32. The van der Waals surface area contributed by atoms with Crippen LogP contribution in [0.5, 0.6) is 5.75 Å². The maximum absolute atomic E-state index is 11.7. The predicted octanol–water partition coefficient (Wildman–Crippen LogP) is 0.371. The third-order valence-electron chi connectivity index (χ3n) is 2.67. The minimum Gasteiger partial charge on any atom is -0.484 e. The fourth-order valence-corrected chi connectivity index (χ4v) is 2.25. The van der Waals surface area contributed by atoms with Gasteiger partial charge >= 0.3 is 0 Å². The molecule has 0 spiro atoms. The average molecular weight is 266 g/mol. The molecule has 0 bridgehead atoms. The zero-order chi connectivity index (χ0) is 13.0. The highest BCUT2D eigenvalue weighted by Crippen LogP contribution is 2.25. The number of thioether (sulfide) groups is 1. The molecule has 1 fully saturated rings. The fourth-order valence-electron chi connectivity index (χ4n) is 1.56. The van der Waals surface area contributed by atoms with E-state index in [-0.39, 0.29) is 18.4 Å². The van der Waals surface area contributed by atoms with Crippen molar-refractivity contribution < 1.29 is 14.3 Å². The lowest BCUT2D eigenvalue weighted by Crippen LogP contribution is -2.71. The SMILES string of the molecule is CS[C@@]1(NC(=O)COc2ccccc2)CNC1=O. The Hall–Kier alpha value is -1.69. The van der Waals surface area contributed by atoms with Gasteiger partial charge in [0.25, 0.3) is 11.8 Å². The monoisotopic (exact) mass is 266 g/mol. The summed E-state index contributed by atoms with van der Waals surface area (Å²) in [6.07, 6.45) is 1.79. The molecule has 1 aliphatic heterocycles. The van der Waals surface area contributed by atoms with Gasteiger partial charge in [-0.05, 0) is 18.4 Å². The molecular formula is C12H14N2O3S. The van der Waals surface area contributed by atoms with Gasteiger partial charge in [0.15, 0.2) is 11.5 Å². The third-order valence-corrected chi connectivity index (χ3v) is 3.80. The maximum Gasteiger partial charge on any atom is 0.259 e. The molecule has 1 aromatic rings. The van der Waals surface area contributed by atoms with Crippen molar-refractivity contribution in [1.29, 1.82) is 0 Å². The summed E-state index contributed by atoms with van der Waals surface area (Å²) < 4.78 is 5.31. The van der Waals surface area contributed by atoms with Crippen molar-refractivity contribution >= 4 is 23.6 Å². The molecule has 96 valence electrons. The normalized spacial score (nSPS) is 21.7. The van der Waals surface area contributed by atoms with Crippen LogP contribution in [0.15, 0.2) is 30.3 Å². The van der Waals surface area contributed by atoms with Gasteiger partial charge in [-0.15, -0.1) is 11.8 Å². The van der Waals surface area contributed by atoms with Crippen LogP contribution in [-0.4, -0.2) is 36.1 Å². The first-order chi connectivity index (χ1) is 8.66. The highest BCUT2D eigenvalue weighted by molar-refractivity contribution is 8.00. The van der Waals surface area contributed by atoms with Gasteiger partial charge in [-0.25, -0.2) is 0 Å². The Morgan fingerprint density at radius 2 is 2.22 bits per heavy atom. The quantitative estimate of drug-likeness (QED) is 0.597. The number of hydrogen-bond donors (Lipinski definition) is 2. The first kappa shape index (κ1) is 12.8. The molecule has 1 aromatic carbocycles. The standard InChI is InChI=1S/C12H14N2O3S/c1-18-12(8-13-11(12)16)14-10(15)7-17-9-5-3-2-4-6-9/h2-6H,7-8H2,1H3,(H,13,16)(H,14,15)/t12-/m0/s1. The molecule has 5 nitrogen and oxygen atoms in total. The van der Waals surface area contributed by atoms with Gasteiger partial charge in [0.05, 0.1) is 6.54 Å². The second kappa shape index (κ2) is 5.30. The van der Waals surface area contributed by atoms with Crippen molar-refractivity contribution in [2.45, 2.75) is 4.87 Å². The number of ether oxygens (including phenoxy) is 1. The van der Waals surface area contributed by atoms with E-state index in [0.717, 1.165) is 0 Å². The molecule has 1 atom stereocenters. The van der Waals surface area contributed by atoms with Gasteiger partial charge in [0.2, 0.25) is 0 Å². The van der Waals surface area contributed by atoms with Crippen LogP contribution in [0.4, 0.5) is 0 Å². The lowest BCUT2D eigenvalue weighted by atomic mass is 10.1. The summed E-state index contributed by atoms with van der Waals surface area (Å²) in [4.78, 5) is 22.3. The topological polar surface area (TPSA) is 67.4 Å². The lowest BCUT2D eigenvalue weighted by Gasteiger charge is -2.39. The van der Waals surface area contributed by atoms with E-state index in [9.17, 15) is 9.59 Å². The van der Waals surface area contributed by atoms with Crippen molar-refractivity contribution in [1.82, 2.24) is 10.6 Å². The van der Waals surface area contributed by atoms with Crippen LogP contribution >= 0.6 is 11.8 Å². The number of carbonyl (C=O) groups is 2. The molecule has 0 saturated carbocycles. The van der Waals surface area contributed by atoms with Crippen LogP contribution in [-0.2, 0) is 9.59 Å². The summed E-state index contributed by atoms with van der Waals surface area (Å²) in [6.45, 7) is 0.351. The maximum atomic E-state index is 11.7. The Bertz CT molecular complexity index is 448. The van der Waals surface area contributed by atoms with Crippen LogP contribution in [0.1, 0.15) is 0 Å². The van der Waals surface area contributed by atoms with Gasteiger partial charge < -0.3 is 15.4 Å². The molecule has 0 aromatic heterocycles. The molecular weight excluding hydrogens is 252 g/mol. The van der Waals surface area contributed by atoms with Crippen molar-refractivity contribution in [3.63, 3.8) is 0 Å². The second-order valence-corrected chi connectivity index (χ2v) is 4.97. The Labute approximate surface area is 109 Å². The van der Waals surface area contributed by atoms with E-state index in [1.54, 1.807) is 18.4 Å². The van der Waals surface area contributed by atoms with E-state index in [1.165, 1.54) is 11.8 Å². The van der Waals surface area contributed by atoms with Crippen molar-refractivity contribution in [3.8, 4) is 5.75 Å². The molecule has 0 radical (unpaired) electrons. The molecule has 0 unspecified atom stereocenters. The molecule has 1 saturated heterocycles. The Morgan fingerprint density at radius 1 is 1.50 bits per heavy atom. The van der Waals surface area contributed by atoms with E-state index >= 15 is 0 Å². The van der Waals surface area contributed by atoms with Gasteiger partial charge in [-0.3, -0.25) is 9.59 Å². The largest absolute Gasteiger partial charge is 0.484 e. The zero-order valence-electron chi connectivity index (χ0n) is 9.93. The summed E-state index contributed by atoms with van der Waals surface area (Å²) in [5.41, 5.74) is 0. The van der Waals surface area contributed by atoms with Crippen LogP contribution < -0.4 is 15.4 Å². The van der Waals surface area contributed by atoms with Gasteiger partial charge in [-0.2, -0.15) is 0 Å². The lowest BCUT2D eigenvalue weighted by molar-refractivity contribution is -0.135. The summed E-state index contributed by atoms with van der Waals surface area (Å²) in [5, 5.41) is 5.30. The molecule has 2 N–H and O–H groups in total. The smallest absolute Gasteiger partial charge is 0.259 e. The number of nitrogens with one attached hydrogen (secondary N) is 2. The van der Waals surface area contributed by atoms with Crippen LogP contribution in [0.2, 0.25) is 0 Å². The number of carbonyl (C=O) groups excluding carboxylic acids is 2. The first-order valence-electron chi connectivity index (χ1n) is 5.48. The third kappa shape index (κ3) is 2.59.